The highest BCUT2D eigenvalue weighted by Crippen LogP contribution is 2.34. The second-order valence-corrected chi connectivity index (χ2v) is 5.59. The van der Waals surface area contributed by atoms with Crippen molar-refractivity contribution in [2.45, 2.75) is 38.1 Å². The number of carbonyl (C=O) groups excluding carboxylic acids is 1. The number of ether oxygens (including phenoxy) is 1. The van der Waals surface area contributed by atoms with Crippen LogP contribution in [0, 0.1) is 0 Å². The van der Waals surface area contributed by atoms with Gasteiger partial charge >= 0.3 is 0 Å². The van der Waals surface area contributed by atoms with Gasteiger partial charge in [-0.05, 0) is 43.9 Å². The smallest absolute Gasteiger partial charge is 0.239 e. The number of hydrogen-bond donors (Lipinski definition) is 1. The Hall–Kier alpha value is -1.55. The molecule has 4 heteroatoms. The topological polar surface area (TPSA) is 41.6 Å². The van der Waals surface area contributed by atoms with Crippen molar-refractivity contribution in [3.8, 4) is 5.75 Å². The predicted molar refractivity (Wildman–Crippen MR) is 84.7 cm³/mol. The number of likely N-dealkylation sites (tertiary alicyclic amines) is 1. The highest BCUT2D eigenvalue weighted by molar-refractivity contribution is 5.81. The van der Waals surface area contributed by atoms with Gasteiger partial charge in [-0.3, -0.25) is 4.79 Å². The van der Waals surface area contributed by atoms with Gasteiger partial charge in [0.1, 0.15) is 5.75 Å². The molecule has 1 unspecified atom stereocenters. The molecule has 2 rings (SSSR count). The van der Waals surface area contributed by atoms with Crippen LogP contribution in [0.25, 0.3) is 0 Å². The van der Waals surface area contributed by atoms with Crippen molar-refractivity contribution in [1.82, 2.24) is 10.2 Å². The summed E-state index contributed by atoms with van der Waals surface area (Å²) in [6, 6.07) is 8.17. The first kappa shape index (κ1) is 15.8. The summed E-state index contributed by atoms with van der Waals surface area (Å²) < 4.78 is 5.46. The first-order chi connectivity index (χ1) is 10.2. The Morgan fingerprint density at radius 1 is 1.38 bits per heavy atom. The molecule has 1 fully saturated rings. The van der Waals surface area contributed by atoms with E-state index < -0.39 is 0 Å². The fourth-order valence-corrected chi connectivity index (χ4v) is 3.14. The third-order valence-corrected chi connectivity index (χ3v) is 4.44. The first-order valence-electron chi connectivity index (χ1n) is 7.80. The van der Waals surface area contributed by atoms with Crippen molar-refractivity contribution in [2.75, 3.05) is 27.2 Å². The first-order valence-corrected chi connectivity index (χ1v) is 7.80. The number of benzene rings is 1. The van der Waals surface area contributed by atoms with Crippen molar-refractivity contribution >= 4 is 5.91 Å². The largest absolute Gasteiger partial charge is 0.496 e. The monoisotopic (exact) mass is 290 g/mol. The fraction of sp³-hybridized carbons (Fsp3) is 0.588. The number of nitrogens with one attached hydrogen (secondary N) is 1. The average molecular weight is 290 g/mol. The maximum atomic E-state index is 12.4. The van der Waals surface area contributed by atoms with E-state index in [1.165, 1.54) is 5.56 Å². The van der Waals surface area contributed by atoms with Crippen LogP contribution in [-0.2, 0) is 4.79 Å². The molecule has 1 amide bonds. The van der Waals surface area contributed by atoms with E-state index in [1.807, 2.05) is 31.0 Å². The Bertz CT molecular complexity index is 464. The average Bonchev–Trinajstić information content (AvgIpc) is 2.56. The molecule has 1 aromatic rings. The summed E-state index contributed by atoms with van der Waals surface area (Å²) in [7, 11) is 3.57. The normalized spacial score (nSPS) is 17.6. The van der Waals surface area contributed by atoms with Crippen LogP contribution in [0.2, 0.25) is 0 Å². The van der Waals surface area contributed by atoms with Crippen molar-refractivity contribution in [3.05, 3.63) is 29.8 Å². The van der Waals surface area contributed by atoms with Crippen molar-refractivity contribution < 1.29 is 9.53 Å². The van der Waals surface area contributed by atoms with Crippen LogP contribution in [0.3, 0.4) is 0 Å². The van der Waals surface area contributed by atoms with Gasteiger partial charge in [0.05, 0.1) is 13.2 Å². The molecule has 1 aliphatic heterocycles. The third-order valence-electron chi connectivity index (χ3n) is 4.44. The van der Waals surface area contributed by atoms with E-state index in [0.29, 0.717) is 5.92 Å². The second kappa shape index (κ2) is 7.46. The van der Waals surface area contributed by atoms with Crippen molar-refractivity contribution in [1.29, 1.82) is 0 Å². The zero-order chi connectivity index (χ0) is 15.2. The van der Waals surface area contributed by atoms with Gasteiger partial charge in [0.25, 0.3) is 0 Å². The number of piperidine rings is 1. The maximum absolute atomic E-state index is 12.4. The molecule has 1 atom stereocenters. The summed E-state index contributed by atoms with van der Waals surface area (Å²) >= 11 is 0. The molecule has 0 spiro atoms. The lowest BCUT2D eigenvalue weighted by Gasteiger charge is -2.34. The Morgan fingerprint density at radius 3 is 2.62 bits per heavy atom. The number of rotatable bonds is 5. The molecule has 4 nitrogen and oxygen atoms in total. The highest BCUT2D eigenvalue weighted by Gasteiger charge is 2.28. The van der Waals surface area contributed by atoms with E-state index in [1.54, 1.807) is 7.11 Å². The standard InChI is InChI=1S/C17H26N2O2/c1-4-15(18-2)17(20)19-11-9-13(10-12-19)14-7-5-6-8-16(14)21-3/h5-8,13,15,18H,4,9-12H2,1-3H3. The molecule has 116 valence electrons. The zero-order valence-electron chi connectivity index (χ0n) is 13.3. The van der Waals surface area contributed by atoms with Gasteiger partial charge in [-0.15, -0.1) is 0 Å². The lowest BCUT2D eigenvalue weighted by atomic mass is 9.88. The van der Waals surface area contributed by atoms with Crippen LogP contribution in [-0.4, -0.2) is 44.1 Å². The van der Waals surface area contributed by atoms with Gasteiger partial charge in [-0.25, -0.2) is 0 Å². The molecule has 0 aromatic heterocycles. The summed E-state index contributed by atoms with van der Waals surface area (Å²) in [5.41, 5.74) is 1.27. The quantitative estimate of drug-likeness (QED) is 0.905. The van der Waals surface area contributed by atoms with Crippen LogP contribution < -0.4 is 10.1 Å². The lowest BCUT2D eigenvalue weighted by molar-refractivity contribution is -0.134. The van der Waals surface area contributed by atoms with Gasteiger partial charge in [0.2, 0.25) is 5.91 Å². The molecule has 1 aliphatic rings. The van der Waals surface area contributed by atoms with Crippen molar-refractivity contribution in [2.24, 2.45) is 0 Å². The van der Waals surface area contributed by atoms with E-state index in [-0.39, 0.29) is 11.9 Å². The van der Waals surface area contributed by atoms with Gasteiger partial charge < -0.3 is 15.0 Å². The van der Waals surface area contributed by atoms with Gasteiger partial charge in [-0.1, -0.05) is 25.1 Å². The summed E-state index contributed by atoms with van der Waals surface area (Å²) in [6.45, 7) is 3.71. The van der Waals surface area contributed by atoms with E-state index in [2.05, 4.69) is 17.4 Å². The molecule has 1 heterocycles. The van der Waals surface area contributed by atoms with Crippen LogP contribution in [0.4, 0.5) is 0 Å². The Morgan fingerprint density at radius 2 is 2.05 bits per heavy atom. The van der Waals surface area contributed by atoms with Crippen LogP contribution in [0.1, 0.15) is 37.7 Å². The summed E-state index contributed by atoms with van der Waals surface area (Å²) in [4.78, 5) is 14.4. The third kappa shape index (κ3) is 3.56. The lowest BCUT2D eigenvalue weighted by Crippen LogP contribution is -2.47. The van der Waals surface area contributed by atoms with E-state index in [4.69, 9.17) is 4.74 Å². The number of likely N-dealkylation sites (N-methyl/N-ethyl adjacent to an activating group) is 1. The minimum atomic E-state index is -0.0483. The van der Waals surface area contributed by atoms with E-state index in [9.17, 15) is 4.79 Å². The molecule has 1 saturated heterocycles. The maximum Gasteiger partial charge on any atom is 0.239 e. The SMILES string of the molecule is CCC(NC)C(=O)N1CCC(c2ccccc2OC)CC1. The predicted octanol–water partition coefficient (Wildman–Crippen LogP) is 2.40. The zero-order valence-corrected chi connectivity index (χ0v) is 13.3. The van der Waals surface area contributed by atoms with E-state index in [0.717, 1.165) is 38.1 Å². The molecule has 0 radical (unpaired) electrons. The molecule has 0 aliphatic carbocycles. The molecule has 21 heavy (non-hydrogen) atoms. The Balaban J connectivity index is 1.98. The number of methoxy groups -OCH3 is 1. The number of amides is 1. The van der Waals surface area contributed by atoms with Gasteiger partial charge in [-0.2, -0.15) is 0 Å². The molecule has 1 N–H and O–H groups in total. The molecule has 0 bridgehead atoms. The fourth-order valence-electron chi connectivity index (χ4n) is 3.14. The summed E-state index contributed by atoms with van der Waals surface area (Å²) in [5, 5.41) is 3.10. The van der Waals surface area contributed by atoms with Gasteiger partial charge in [0, 0.05) is 13.1 Å². The number of carbonyl (C=O) groups is 1. The number of hydrogen-bond acceptors (Lipinski definition) is 3. The molecule has 1 aromatic carbocycles. The van der Waals surface area contributed by atoms with Crippen LogP contribution in [0.15, 0.2) is 24.3 Å². The van der Waals surface area contributed by atoms with Crippen LogP contribution >= 0.6 is 0 Å². The van der Waals surface area contributed by atoms with Crippen molar-refractivity contribution in [3.63, 3.8) is 0 Å². The molecular formula is C17H26N2O2. The number of para-hydroxylation sites is 1. The molecule has 0 saturated carbocycles. The molecular weight excluding hydrogens is 264 g/mol. The van der Waals surface area contributed by atoms with Crippen LogP contribution in [0.5, 0.6) is 5.75 Å². The number of nitrogens with zero attached hydrogens (tertiary/aromatic N) is 1. The van der Waals surface area contributed by atoms with Gasteiger partial charge in [0.15, 0.2) is 0 Å². The van der Waals surface area contributed by atoms with E-state index >= 15 is 0 Å². The Labute approximate surface area is 127 Å². The highest BCUT2D eigenvalue weighted by atomic mass is 16.5. The minimum absolute atomic E-state index is 0.0483. The minimum Gasteiger partial charge on any atom is -0.496 e. The summed E-state index contributed by atoms with van der Waals surface area (Å²) in [5.74, 6) is 1.68. The second-order valence-electron chi connectivity index (χ2n) is 5.59. The Kier molecular flexibility index (Phi) is 5.62. The summed E-state index contributed by atoms with van der Waals surface area (Å²) in [6.07, 6.45) is 2.85.